The molecule has 0 spiro atoms. The van der Waals surface area contributed by atoms with Gasteiger partial charge in [-0.05, 0) is 69.8 Å². The molecule has 0 aromatic heterocycles. The van der Waals surface area contributed by atoms with Crippen molar-refractivity contribution in [3.63, 3.8) is 0 Å². The van der Waals surface area contributed by atoms with E-state index in [2.05, 4.69) is 55.4 Å². The van der Waals surface area contributed by atoms with E-state index >= 15 is 0 Å². The Kier molecular flexibility index (Phi) is 18.7. The van der Waals surface area contributed by atoms with Crippen LogP contribution in [0.1, 0.15) is 54.2 Å². The molecule has 0 radical (unpaired) electrons. The standard InChI is InChI=1S/C17H20FNO3S.C17H21NO.C6H10N2O2S.ClH/c1-14-8-10-16(11-9-14)22-17(15-6-4-3-5-7-15)12-13-19(2)23(18,20)21;1-14-8-10-16(11-9-14)19-17(12-13-18-2)15-6-4-3-5-7-15;1-6-7(2)4-5-8(6)11(3,9)10;/h3-11,17H,12-13H2,1-2H3;3-11,17-18H,12-13H2,1-2H3;4-5H,2H2,1,3H3;1H. The lowest BCUT2D eigenvalue weighted by Crippen LogP contribution is -2.26. The molecule has 1 N–H and O–H groups in total. The van der Waals surface area contributed by atoms with E-state index in [1.165, 1.54) is 32.9 Å². The summed E-state index contributed by atoms with van der Waals surface area (Å²) in [6.45, 7) is 11.9. The number of nitrogens with one attached hydrogen (secondary N) is 1. The average Bonchev–Trinajstić information content (AvgIpc) is 3.48. The third-order valence-corrected chi connectivity index (χ3v) is 10.2. The molecular formula is C40H52ClFN4O6S2. The molecule has 1 heterocycles. The van der Waals surface area contributed by atoms with Gasteiger partial charge in [0.05, 0.1) is 6.26 Å². The molecule has 0 saturated heterocycles. The third-order valence-electron chi connectivity index (χ3n) is 8.15. The molecule has 0 amide bonds. The van der Waals surface area contributed by atoms with Crippen molar-refractivity contribution in [2.45, 2.75) is 45.8 Å². The molecular weight excluding hydrogens is 751 g/mol. The van der Waals surface area contributed by atoms with Crippen molar-refractivity contribution >= 4 is 45.8 Å². The highest BCUT2D eigenvalue weighted by atomic mass is 35.5. The summed E-state index contributed by atoms with van der Waals surface area (Å²) in [6.07, 6.45) is 4.25. The number of hydrogen-bond acceptors (Lipinski definition) is 7. The molecule has 4 aromatic rings. The van der Waals surface area contributed by atoms with Gasteiger partial charge in [0.2, 0.25) is 6.17 Å². The summed E-state index contributed by atoms with van der Waals surface area (Å²) in [7, 11) is -4.66. The molecule has 0 bridgehead atoms. The monoisotopic (exact) mass is 802 g/mol. The largest absolute Gasteiger partial charge is 0.486 e. The number of rotatable bonds is 14. The van der Waals surface area contributed by atoms with Gasteiger partial charge in [-0.3, -0.25) is 0 Å². The zero-order valence-electron chi connectivity index (χ0n) is 31.6. The second-order valence-corrected chi connectivity index (χ2v) is 15.8. The SMILES string of the molecule is C=[N+]1[CH-]C=[N+](S(C)(=O)=O)[C-]1C.CNCCC(Oc1ccc(C)cc1)c1ccccc1.Cc1ccc(OC(CCN(C)S(=O)(=O)F)c2ccccc2)cc1.Cl. The van der Waals surface area contributed by atoms with Crippen molar-refractivity contribution in [3.8, 4) is 11.5 Å². The number of benzene rings is 4. The molecule has 2 unspecified atom stereocenters. The minimum Gasteiger partial charge on any atom is -0.486 e. The van der Waals surface area contributed by atoms with Crippen LogP contribution in [-0.4, -0.2) is 76.1 Å². The average molecular weight is 803 g/mol. The van der Waals surface area contributed by atoms with Crippen molar-refractivity contribution < 1.29 is 38.8 Å². The van der Waals surface area contributed by atoms with Gasteiger partial charge in [0.1, 0.15) is 29.9 Å². The minimum absolute atomic E-state index is 0. The Bertz CT molecular complexity index is 1970. The van der Waals surface area contributed by atoms with Gasteiger partial charge in [0, 0.05) is 33.0 Å². The predicted octanol–water partition coefficient (Wildman–Crippen LogP) is 7.22. The second kappa shape index (κ2) is 22.1. The maximum atomic E-state index is 13.0. The van der Waals surface area contributed by atoms with Crippen LogP contribution in [0.4, 0.5) is 3.89 Å². The van der Waals surface area contributed by atoms with Gasteiger partial charge in [-0.2, -0.15) is 25.1 Å². The summed E-state index contributed by atoms with van der Waals surface area (Å²) in [4.78, 5) is 0. The smallest absolute Gasteiger partial charge is 0.374 e. The Labute approximate surface area is 327 Å². The van der Waals surface area contributed by atoms with E-state index in [0.29, 0.717) is 22.6 Å². The third kappa shape index (κ3) is 15.5. The van der Waals surface area contributed by atoms with Crippen LogP contribution in [0.15, 0.2) is 109 Å². The highest BCUT2D eigenvalue weighted by Crippen LogP contribution is 2.26. The molecule has 0 saturated carbocycles. The summed E-state index contributed by atoms with van der Waals surface area (Å²) in [5.74, 6) is 1.62. The summed E-state index contributed by atoms with van der Waals surface area (Å²) >= 11 is 0. The van der Waals surface area contributed by atoms with E-state index in [1.807, 2.05) is 86.8 Å². The summed E-state index contributed by atoms with van der Waals surface area (Å²) in [5.41, 5.74) is 4.51. The highest BCUT2D eigenvalue weighted by Gasteiger charge is 2.27. The fourth-order valence-corrected chi connectivity index (χ4v) is 6.19. The molecule has 0 fully saturated rings. The first-order chi connectivity index (χ1) is 25.1. The van der Waals surface area contributed by atoms with Crippen LogP contribution in [0.25, 0.3) is 0 Å². The van der Waals surface area contributed by atoms with Crippen LogP contribution in [-0.2, 0) is 20.4 Å². The number of nitrogens with zero attached hydrogens (tertiary/aromatic N) is 3. The quantitative estimate of drug-likeness (QED) is 0.0815. The lowest BCUT2D eigenvalue weighted by Gasteiger charge is -2.21. The van der Waals surface area contributed by atoms with E-state index in [1.54, 1.807) is 13.5 Å². The van der Waals surface area contributed by atoms with Crippen molar-refractivity contribution in [1.29, 1.82) is 0 Å². The first kappa shape index (κ1) is 45.8. The van der Waals surface area contributed by atoms with Gasteiger partial charge in [0.25, 0.3) is 0 Å². The van der Waals surface area contributed by atoms with Crippen molar-refractivity contribution in [1.82, 2.24) is 9.62 Å². The van der Waals surface area contributed by atoms with Crippen molar-refractivity contribution in [3.05, 3.63) is 144 Å². The first-order valence-electron chi connectivity index (χ1n) is 17.1. The van der Waals surface area contributed by atoms with Crippen LogP contribution in [0.2, 0.25) is 0 Å². The maximum absolute atomic E-state index is 13.0. The summed E-state index contributed by atoms with van der Waals surface area (Å²) < 4.78 is 72.2. The molecule has 4 aromatic carbocycles. The normalized spacial score (nSPS) is 13.5. The number of ether oxygens (including phenoxy) is 2. The van der Waals surface area contributed by atoms with Gasteiger partial charge >= 0.3 is 20.4 Å². The first-order valence-corrected chi connectivity index (χ1v) is 20.3. The Morgan fingerprint density at radius 2 is 1.22 bits per heavy atom. The van der Waals surface area contributed by atoms with Crippen LogP contribution in [0.5, 0.6) is 11.5 Å². The zero-order valence-corrected chi connectivity index (χ0v) is 34.1. The lowest BCUT2D eigenvalue weighted by molar-refractivity contribution is -0.583. The molecule has 10 nitrogen and oxygen atoms in total. The Balaban J connectivity index is 0.000000294. The molecule has 54 heavy (non-hydrogen) atoms. The molecule has 0 aliphatic carbocycles. The summed E-state index contributed by atoms with van der Waals surface area (Å²) in [5, 5.41) is 3.18. The number of halogens is 2. The zero-order chi connectivity index (χ0) is 39.0. The fourth-order valence-electron chi connectivity index (χ4n) is 5.00. The van der Waals surface area contributed by atoms with Gasteiger partial charge in [0.15, 0.2) is 0 Å². The number of sulfonamides is 1. The van der Waals surface area contributed by atoms with E-state index in [4.69, 9.17) is 9.47 Å². The van der Waals surface area contributed by atoms with E-state index in [0.717, 1.165) is 36.1 Å². The Morgan fingerprint density at radius 3 is 1.56 bits per heavy atom. The predicted molar refractivity (Wildman–Crippen MR) is 217 cm³/mol. The van der Waals surface area contributed by atoms with Crippen LogP contribution in [0, 0.1) is 26.6 Å². The van der Waals surface area contributed by atoms with Crippen molar-refractivity contribution in [2.75, 3.05) is 33.4 Å². The molecule has 14 heteroatoms. The van der Waals surface area contributed by atoms with Gasteiger partial charge in [-0.15, -0.1) is 12.4 Å². The lowest BCUT2D eigenvalue weighted by atomic mass is 10.1. The van der Waals surface area contributed by atoms with Crippen LogP contribution >= 0.6 is 12.4 Å². The van der Waals surface area contributed by atoms with E-state index in [9.17, 15) is 20.7 Å². The highest BCUT2D eigenvalue weighted by molar-refractivity contribution is 7.84. The van der Waals surface area contributed by atoms with Crippen LogP contribution < -0.4 is 14.8 Å². The summed E-state index contributed by atoms with van der Waals surface area (Å²) in [6, 6.07) is 35.7. The van der Waals surface area contributed by atoms with Gasteiger partial charge in [-0.1, -0.05) is 107 Å². The molecule has 294 valence electrons. The molecule has 1 aliphatic rings. The Morgan fingerprint density at radius 1 is 0.796 bits per heavy atom. The molecule has 2 atom stereocenters. The Hall–Kier alpha value is -4.40. The van der Waals surface area contributed by atoms with Gasteiger partial charge < -0.3 is 19.4 Å². The topological polar surface area (TPSA) is 108 Å². The molecule has 5 rings (SSSR count). The second-order valence-electron chi connectivity index (χ2n) is 12.5. The van der Waals surface area contributed by atoms with Gasteiger partial charge in [-0.25, -0.2) is 0 Å². The van der Waals surface area contributed by atoms with E-state index in [-0.39, 0.29) is 31.2 Å². The van der Waals surface area contributed by atoms with Crippen LogP contribution in [0.3, 0.4) is 0 Å². The fraction of sp³-hybridized carbons (Fsp3) is 0.300. The minimum atomic E-state index is -4.68. The molecule has 1 aliphatic heterocycles. The number of hydrogen-bond donors (Lipinski definition) is 1. The maximum Gasteiger partial charge on any atom is 0.374 e. The number of aryl methyl sites for hydroxylation is 2. The van der Waals surface area contributed by atoms with E-state index < -0.39 is 20.4 Å². The van der Waals surface area contributed by atoms with Crippen molar-refractivity contribution in [2.24, 2.45) is 0 Å².